The summed E-state index contributed by atoms with van der Waals surface area (Å²) < 4.78 is 30.1. The van der Waals surface area contributed by atoms with Crippen LogP contribution in [-0.4, -0.2) is 99.2 Å². The van der Waals surface area contributed by atoms with Crippen molar-refractivity contribution >= 4 is 17.6 Å². The van der Waals surface area contributed by atoms with Gasteiger partial charge in [-0.25, -0.2) is 14.2 Å². The summed E-state index contributed by atoms with van der Waals surface area (Å²) in [5, 5.41) is 9.04. The van der Waals surface area contributed by atoms with Gasteiger partial charge in [-0.3, -0.25) is 9.69 Å². The summed E-state index contributed by atoms with van der Waals surface area (Å²) in [6.45, 7) is 6.25. The molecule has 0 aliphatic carbocycles. The van der Waals surface area contributed by atoms with Crippen LogP contribution in [0.2, 0.25) is 0 Å². The quantitative estimate of drug-likeness (QED) is 0.457. The molecule has 2 aromatic rings. The number of morpholine rings is 1. The molecule has 4 rings (SSSR count). The van der Waals surface area contributed by atoms with Crippen molar-refractivity contribution in [3.8, 4) is 11.5 Å². The second-order valence-electron chi connectivity index (χ2n) is 9.73. The number of hydrazone groups is 1. The molecule has 2 aliphatic heterocycles. The van der Waals surface area contributed by atoms with Gasteiger partial charge >= 0.3 is 6.03 Å². The van der Waals surface area contributed by atoms with Crippen molar-refractivity contribution in [2.24, 2.45) is 5.10 Å². The molecular weight excluding hydrogens is 517 g/mol. The van der Waals surface area contributed by atoms with Crippen LogP contribution in [0, 0.1) is 5.82 Å². The van der Waals surface area contributed by atoms with Crippen LogP contribution in [0.25, 0.3) is 0 Å². The van der Waals surface area contributed by atoms with Gasteiger partial charge in [-0.2, -0.15) is 5.10 Å². The number of halogens is 1. The summed E-state index contributed by atoms with van der Waals surface area (Å²) in [4.78, 5) is 30.6. The van der Waals surface area contributed by atoms with E-state index in [2.05, 4.69) is 10.2 Å². The molecule has 0 bridgehead atoms. The van der Waals surface area contributed by atoms with E-state index in [1.165, 1.54) is 22.0 Å². The molecule has 2 aromatic carbocycles. The van der Waals surface area contributed by atoms with Crippen LogP contribution >= 0.6 is 0 Å². The van der Waals surface area contributed by atoms with Crippen molar-refractivity contribution in [2.75, 3.05) is 66.7 Å². The van der Waals surface area contributed by atoms with E-state index in [4.69, 9.17) is 19.3 Å². The van der Waals surface area contributed by atoms with Crippen LogP contribution in [0.4, 0.5) is 9.18 Å². The first-order valence-electron chi connectivity index (χ1n) is 13.6. The van der Waals surface area contributed by atoms with Crippen molar-refractivity contribution in [2.45, 2.75) is 25.8 Å². The van der Waals surface area contributed by atoms with E-state index in [9.17, 15) is 14.0 Å². The fraction of sp³-hybridized carbons (Fsp3) is 0.483. The molecule has 1 N–H and O–H groups in total. The predicted octanol–water partition coefficient (Wildman–Crippen LogP) is 3.27. The highest BCUT2D eigenvalue weighted by atomic mass is 19.1. The highest BCUT2D eigenvalue weighted by Crippen LogP contribution is 2.36. The van der Waals surface area contributed by atoms with Gasteiger partial charge in [-0.05, 0) is 36.2 Å². The summed E-state index contributed by atoms with van der Waals surface area (Å²) in [6.07, 6.45) is 1.18. The second kappa shape index (κ2) is 14.1. The van der Waals surface area contributed by atoms with Gasteiger partial charge in [-0.15, -0.1) is 0 Å². The van der Waals surface area contributed by atoms with E-state index in [0.717, 1.165) is 30.6 Å². The second-order valence-corrected chi connectivity index (χ2v) is 9.73. The average Bonchev–Trinajstić information content (AvgIpc) is 3.44. The van der Waals surface area contributed by atoms with E-state index in [1.54, 1.807) is 32.4 Å². The van der Waals surface area contributed by atoms with E-state index in [0.29, 0.717) is 56.5 Å². The summed E-state index contributed by atoms with van der Waals surface area (Å²) >= 11 is 0. The van der Waals surface area contributed by atoms with Crippen molar-refractivity contribution in [3.63, 3.8) is 0 Å². The SMILES string of the molecule is CCCNC(=O)N(CCN1CCOCC1)CC(=O)N1N=C(c2ccc(OC)cc2OC)C[C@H]1c1ccc(F)cc1. The lowest BCUT2D eigenvalue weighted by molar-refractivity contribution is -0.133. The molecule has 216 valence electrons. The minimum atomic E-state index is -0.463. The van der Waals surface area contributed by atoms with Gasteiger partial charge in [-0.1, -0.05) is 19.1 Å². The summed E-state index contributed by atoms with van der Waals surface area (Å²) in [6, 6.07) is 10.7. The van der Waals surface area contributed by atoms with Gasteiger partial charge in [0.2, 0.25) is 0 Å². The van der Waals surface area contributed by atoms with Gasteiger partial charge in [0.1, 0.15) is 23.9 Å². The van der Waals surface area contributed by atoms with E-state index in [-0.39, 0.29) is 24.3 Å². The van der Waals surface area contributed by atoms with Gasteiger partial charge < -0.3 is 24.4 Å². The molecule has 0 spiro atoms. The smallest absolute Gasteiger partial charge is 0.317 e. The molecule has 2 aliphatic rings. The summed E-state index contributed by atoms with van der Waals surface area (Å²) in [7, 11) is 3.14. The Hall–Kier alpha value is -3.70. The van der Waals surface area contributed by atoms with Crippen LogP contribution in [-0.2, 0) is 9.53 Å². The topological polar surface area (TPSA) is 95.9 Å². The number of benzene rings is 2. The first kappa shape index (κ1) is 29.3. The number of amides is 3. The molecule has 3 amide bonds. The van der Waals surface area contributed by atoms with Crippen LogP contribution in [0.1, 0.15) is 36.9 Å². The number of ether oxygens (including phenoxy) is 3. The Bertz CT molecular complexity index is 1190. The zero-order valence-corrected chi connectivity index (χ0v) is 23.4. The molecule has 0 aromatic heterocycles. The number of urea groups is 1. The Labute approximate surface area is 234 Å². The summed E-state index contributed by atoms with van der Waals surface area (Å²) in [5.41, 5.74) is 2.13. The third-order valence-electron chi connectivity index (χ3n) is 7.07. The fourth-order valence-electron chi connectivity index (χ4n) is 4.80. The standard InChI is InChI=1S/C29H38FN5O5/c1-4-11-31-29(37)34(13-12-33-14-16-40-17-15-33)20-28(36)35-26(21-5-7-22(30)8-6-21)19-25(32-35)24-10-9-23(38-2)18-27(24)39-3/h5-10,18,26H,4,11-17,19-20H2,1-3H3,(H,31,37)/t26-/m0/s1. The highest BCUT2D eigenvalue weighted by Gasteiger charge is 2.35. The van der Waals surface area contributed by atoms with E-state index >= 15 is 0 Å². The maximum atomic E-state index is 13.8. The molecule has 2 heterocycles. The van der Waals surface area contributed by atoms with Gasteiger partial charge in [0.05, 0.1) is 39.2 Å². The monoisotopic (exact) mass is 555 g/mol. The van der Waals surface area contributed by atoms with Gasteiger partial charge in [0.15, 0.2) is 0 Å². The molecule has 0 radical (unpaired) electrons. The molecule has 0 unspecified atom stereocenters. The largest absolute Gasteiger partial charge is 0.497 e. The average molecular weight is 556 g/mol. The number of nitrogens with zero attached hydrogens (tertiary/aromatic N) is 4. The normalized spacial score (nSPS) is 17.4. The minimum absolute atomic E-state index is 0.145. The maximum Gasteiger partial charge on any atom is 0.317 e. The summed E-state index contributed by atoms with van der Waals surface area (Å²) in [5.74, 6) is 0.512. The van der Waals surface area contributed by atoms with Crippen LogP contribution < -0.4 is 14.8 Å². The predicted molar refractivity (Wildman–Crippen MR) is 149 cm³/mol. The minimum Gasteiger partial charge on any atom is -0.497 e. The number of methoxy groups -OCH3 is 2. The molecular formula is C29H38FN5O5. The molecule has 1 saturated heterocycles. The highest BCUT2D eigenvalue weighted by molar-refractivity contribution is 6.05. The molecule has 10 nitrogen and oxygen atoms in total. The molecule has 0 saturated carbocycles. The Morgan fingerprint density at radius 1 is 1.12 bits per heavy atom. The van der Waals surface area contributed by atoms with Crippen LogP contribution in [0.3, 0.4) is 0 Å². The fourth-order valence-corrected chi connectivity index (χ4v) is 4.80. The lowest BCUT2D eigenvalue weighted by Gasteiger charge is -2.31. The van der Waals surface area contributed by atoms with Crippen LogP contribution in [0.5, 0.6) is 11.5 Å². The number of hydrogen-bond acceptors (Lipinski definition) is 7. The number of carbonyl (C=O) groups is 2. The van der Waals surface area contributed by atoms with Crippen molar-refractivity contribution < 1.29 is 28.2 Å². The number of carbonyl (C=O) groups excluding carboxylic acids is 2. The molecule has 1 fully saturated rings. The first-order chi connectivity index (χ1) is 19.4. The zero-order valence-electron chi connectivity index (χ0n) is 23.4. The zero-order chi connectivity index (χ0) is 28.5. The molecule has 1 atom stereocenters. The molecule has 40 heavy (non-hydrogen) atoms. The third kappa shape index (κ3) is 7.28. The maximum absolute atomic E-state index is 13.8. The lowest BCUT2D eigenvalue weighted by Crippen LogP contribution is -2.49. The number of rotatable bonds is 11. The van der Waals surface area contributed by atoms with Gasteiger partial charge in [0, 0.05) is 50.8 Å². The Morgan fingerprint density at radius 3 is 2.55 bits per heavy atom. The Balaban J connectivity index is 1.59. The third-order valence-corrected chi connectivity index (χ3v) is 7.07. The van der Waals surface area contributed by atoms with Crippen molar-refractivity contribution in [3.05, 3.63) is 59.4 Å². The van der Waals surface area contributed by atoms with Crippen LogP contribution in [0.15, 0.2) is 47.6 Å². The van der Waals surface area contributed by atoms with Crippen molar-refractivity contribution in [1.82, 2.24) is 20.1 Å². The Morgan fingerprint density at radius 2 is 1.88 bits per heavy atom. The lowest BCUT2D eigenvalue weighted by atomic mass is 9.97. The van der Waals surface area contributed by atoms with E-state index < -0.39 is 6.04 Å². The first-order valence-corrected chi connectivity index (χ1v) is 13.6. The Kier molecular flexibility index (Phi) is 10.3. The number of hydrogen-bond donors (Lipinski definition) is 1. The van der Waals surface area contributed by atoms with Gasteiger partial charge in [0.25, 0.3) is 5.91 Å². The van der Waals surface area contributed by atoms with Crippen molar-refractivity contribution in [1.29, 1.82) is 0 Å². The number of nitrogens with one attached hydrogen (secondary N) is 1. The van der Waals surface area contributed by atoms with E-state index in [1.807, 2.05) is 19.1 Å². The molecule has 11 heteroatoms.